The topological polar surface area (TPSA) is 180 Å². The molecule has 0 radical (unpaired) electrons. The van der Waals surface area contributed by atoms with Crippen LogP contribution < -0.4 is 21.4 Å². The van der Waals surface area contributed by atoms with E-state index < -0.39 is 47.7 Å². The van der Waals surface area contributed by atoms with E-state index in [9.17, 15) is 24.6 Å². The van der Waals surface area contributed by atoms with Gasteiger partial charge in [-0.3, -0.25) is 4.79 Å². The van der Waals surface area contributed by atoms with Crippen molar-refractivity contribution in [1.29, 1.82) is 0 Å². The summed E-state index contributed by atoms with van der Waals surface area (Å²) in [4.78, 5) is 36.9. The lowest BCUT2D eigenvalue weighted by Crippen LogP contribution is -2.65. The van der Waals surface area contributed by atoms with Crippen molar-refractivity contribution in [2.75, 3.05) is 12.4 Å². The van der Waals surface area contributed by atoms with E-state index in [1.54, 1.807) is 20.8 Å². The molecule has 0 spiro atoms. The Bertz CT molecular complexity index is 1290. The number of amides is 2. The van der Waals surface area contributed by atoms with Gasteiger partial charge < -0.3 is 44.6 Å². The predicted octanol–water partition coefficient (Wildman–Crippen LogP) is 2.54. The molecule has 12 nitrogen and oxygen atoms in total. The fourth-order valence-electron chi connectivity index (χ4n) is 5.34. The summed E-state index contributed by atoms with van der Waals surface area (Å²) in [6.07, 6.45) is -3.57. The lowest BCUT2D eigenvalue weighted by atomic mass is 9.89. The van der Waals surface area contributed by atoms with E-state index in [0.717, 1.165) is 12.8 Å². The molecule has 6 atom stereocenters. The quantitative estimate of drug-likeness (QED) is 0.402. The van der Waals surface area contributed by atoms with E-state index in [1.807, 2.05) is 0 Å². The molecule has 2 heterocycles. The van der Waals surface area contributed by atoms with E-state index in [4.69, 9.17) is 29.1 Å². The summed E-state index contributed by atoms with van der Waals surface area (Å²) < 4.78 is 27.8. The Kier molecular flexibility index (Phi) is 7.60. The van der Waals surface area contributed by atoms with Gasteiger partial charge in [-0.2, -0.15) is 0 Å². The number of aliphatic hydroxyl groups excluding tert-OH is 1. The van der Waals surface area contributed by atoms with Gasteiger partial charge in [0.2, 0.25) is 12.2 Å². The molecular formula is C26H34N2O10. The number of aryl methyl sites for hydroxylation is 1. The molecule has 1 saturated heterocycles. The summed E-state index contributed by atoms with van der Waals surface area (Å²) in [5, 5.41) is 24.4. The molecule has 1 aliphatic carbocycles. The van der Waals surface area contributed by atoms with Crippen LogP contribution in [0.4, 0.5) is 10.5 Å². The van der Waals surface area contributed by atoms with E-state index in [0.29, 0.717) is 17.9 Å². The molecular weight excluding hydrogens is 500 g/mol. The second kappa shape index (κ2) is 10.4. The van der Waals surface area contributed by atoms with E-state index in [2.05, 4.69) is 12.2 Å². The average Bonchev–Trinajstić information content (AvgIpc) is 3.27. The van der Waals surface area contributed by atoms with Crippen LogP contribution in [-0.2, 0) is 19.0 Å². The molecule has 12 heteroatoms. The lowest BCUT2D eigenvalue weighted by molar-refractivity contribution is -0.304. The smallest absolute Gasteiger partial charge is 0.404 e. The highest BCUT2D eigenvalue weighted by Crippen LogP contribution is 2.39. The van der Waals surface area contributed by atoms with Gasteiger partial charge in [0.15, 0.2) is 23.6 Å². The van der Waals surface area contributed by atoms with Gasteiger partial charge >= 0.3 is 11.7 Å². The standard InChI is InChI=1S/C26H34N2O10/c1-11-6-7-13(10-11)22(31)28-16-17(29)14-8-9-15(12(2)19(14)36-23(16)32)35-24-18(30)20(37-25(27)33)21(34-5)26(3,4)38-24/h8-9,11,13,18,20-21,24,29-30H,6-7,10H2,1-5H3,(H2,27,33)(H,28,31)/t11-,13?,18+,20-,21+,24+/m0/s1. The number of rotatable bonds is 6. The first kappa shape index (κ1) is 27.7. The van der Waals surface area contributed by atoms with Crippen molar-refractivity contribution < 1.29 is 43.2 Å². The molecule has 2 aromatic rings. The second-order valence-corrected chi connectivity index (χ2v) is 10.5. The molecule has 5 N–H and O–H groups in total. The van der Waals surface area contributed by atoms with E-state index >= 15 is 0 Å². The second-order valence-electron chi connectivity index (χ2n) is 10.5. The molecule has 1 aliphatic heterocycles. The van der Waals surface area contributed by atoms with Crippen LogP contribution >= 0.6 is 0 Å². The van der Waals surface area contributed by atoms with Crippen LogP contribution in [0.2, 0.25) is 0 Å². The van der Waals surface area contributed by atoms with Crippen LogP contribution in [-0.4, -0.2) is 59.5 Å². The van der Waals surface area contributed by atoms with Gasteiger partial charge in [-0.05, 0) is 58.1 Å². The summed E-state index contributed by atoms with van der Waals surface area (Å²) >= 11 is 0. The van der Waals surface area contributed by atoms with Gasteiger partial charge in [-0.1, -0.05) is 6.92 Å². The molecule has 2 aliphatic rings. The average molecular weight is 535 g/mol. The molecule has 2 fully saturated rings. The number of nitrogens with two attached hydrogens (primary N) is 1. The molecule has 1 saturated carbocycles. The molecule has 1 aromatic heterocycles. The van der Waals surface area contributed by atoms with Crippen molar-refractivity contribution >= 4 is 28.7 Å². The zero-order valence-electron chi connectivity index (χ0n) is 22.0. The number of hydrogen-bond acceptors (Lipinski definition) is 10. The Labute approximate surface area is 219 Å². The molecule has 0 bridgehead atoms. The van der Waals surface area contributed by atoms with Gasteiger partial charge in [0, 0.05) is 18.6 Å². The number of hydrogen-bond donors (Lipinski definition) is 4. The minimum atomic E-state index is -1.48. The third kappa shape index (κ3) is 5.16. The number of ether oxygens (including phenoxy) is 4. The number of methoxy groups -OCH3 is 1. The van der Waals surface area contributed by atoms with Crippen molar-refractivity contribution in [3.8, 4) is 11.5 Å². The zero-order chi connectivity index (χ0) is 27.9. The molecule has 1 unspecified atom stereocenters. The number of primary amides is 1. The number of carbonyl (C=O) groups excluding carboxylic acids is 2. The van der Waals surface area contributed by atoms with Crippen molar-refractivity contribution in [3.05, 3.63) is 28.1 Å². The summed E-state index contributed by atoms with van der Waals surface area (Å²) in [7, 11) is 1.38. The van der Waals surface area contributed by atoms with Crippen molar-refractivity contribution in [2.24, 2.45) is 17.6 Å². The van der Waals surface area contributed by atoms with Crippen LogP contribution in [0.3, 0.4) is 0 Å². The first-order valence-corrected chi connectivity index (χ1v) is 12.5. The number of nitrogens with one attached hydrogen (secondary N) is 1. The summed E-state index contributed by atoms with van der Waals surface area (Å²) in [6, 6.07) is 2.95. The molecule has 2 amide bonds. The molecule has 208 valence electrons. The maximum atomic E-state index is 12.8. The number of aliphatic hydroxyl groups is 1. The van der Waals surface area contributed by atoms with Crippen LogP contribution in [0.25, 0.3) is 11.0 Å². The van der Waals surface area contributed by atoms with Gasteiger partial charge in [0.25, 0.3) is 0 Å². The van der Waals surface area contributed by atoms with Gasteiger partial charge in [-0.15, -0.1) is 0 Å². The summed E-state index contributed by atoms with van der Waals surface area (Å²) in [5.41, 5.74) is 3.25. The number of fused-ring (bicyclic) bond motifs is 1. The number of carbonyl (C=O) groups is 2. The van der Waals surface area contributed by atoms with Crippen molar-refractivity contribution in [2.45, 2.75) is 77.2 Å². The van der Waals surface area contributed by atoms with E-state index in [1.165, 1.54) is 19.2 Å². The fourth-order valence-corrected chi connectivity index (χ4v) is 5.34. The summed E-state index contributed by atoms with van der Waals surface area (Å²) in [6.45, 7) is 7.00. The first-order chi connectivity index (χ1) is 17.8. The zero-order valence-corrected chi connectivity index (χ0v) is 22.0. The first-order valence-electron chi connectivity index (χ1n) is 12.5. The Morgan fingerprint density at radius 3 is 2.55 bits per heavy atom. The minimum absolute atomic E-state index is 0.0294. The molecule has 38 heavy (non-hydrogen) atoms. The van der Waals surface area contributed by atoms with Crippen LogP contribution in [0, 0.1) is 18.8 Å². The monoisotopic (exact) mass is 534 g/mol. The Morgan fingerprint density at radius 1 is 1.24 bits per heavy atom. The fraction of sp³-hybridized carbons (Fsp3) is 0.577. The van der Waals surface area contributed by atoms with Crippen LogP contribution in [0.15, 0.2) is 21.3 Å². The normalized spacial score (nSPS) is 28.7. The van der Waals surface area contributed by atoms with Crippen molar-refractivity contribution in [3.63, 3.8) is 0 Å². The Hall–Kier alpha value is -3.35. The summed E-state index contributed by atoms with van der Waals surface area (Å²) in [5.74, 6) is -0.392. The SMILES string of the molecule is CO[C@@H]1[C@@H](OC(N)=O)[C@@H](O)[C@H](Oc2ccc3c(O)c(NC(=O)C4CC[C@H](C)C4)c(=O)oc3c2C)OC1(C)C. The number of benzene rings is 1. The highest BCUT2D eigenvalue weighted by Gasteiger charge is 2.53. The van der Waals surface area contributed by atoms with E-state index in [-0.39, 0.29) is 34.2 Å². The van der Waals surface area contributed by atoms with Crippen molar-refractivity contribution in [1.82, 2.24) is 0 Å². The molecule has 4 rings (SSSR count). The third-order valence-electron chi connectivity index (χ3n) is 7.33. The maximum Gasteiger partial charge on any atom is 0.404 e. The van der Waals surface area contributed by atoms with Gasteiger partial charge in [-0.25, -0.2) is 9.59 Å². The maximum absolute atomic E-state index is 12.8. The highest BCUT2D eigenvalue weighted by atomic mass is 16.7. The van der Waals surface area contributed by atoms with Gasteiger partial charge in [0.1, 0.15) is 17.4 Å². The minimum Gasteiger partial charge on any atom is -0.505 e. The van der Waals surface area contributed by atoms with Crippen LogP contribution in [0.1, 0.15) is 45.6 Å². The van der Waals surface area contributed by atoms with Gasteiger partial charge in [0.05, 0.1) is 11.0 Å². The lowest BCUT2D eigenvalue weighted by Gasteiger charge is -2.47. The Morgan fingerprint density at radius 2 is 1.95 bits per heavy atom. The predicted molar refractivity (Wildman–Crippen MR) is 135 cm³/mol. The molecule has 1 aromatic carbocycles. The third-order valence-corrected chi connectivity index (χ3v) is 7.33. The largest absolute Gasteiger partial charge is 0.505 e. The highest BCUT2D eigenvalue weighted by molar-refractivity contribution is 5.98. The van der Waals surface area contributed by atoms with Crippen LogP contribution in [0.5, 0.6) is 11.5 Å². The number of aromatic hydroxyl groups is 1. The number of anilines is 1. The Balaban J connectivity index is 1.63.